The molecule has 6 amide bonds. The van der Waals surface area contributed by atoms with Crippen molar-refractivity contribution in [3.63, 3.8) is 0 Å². The smallest absolute Gasteiger partial charge is 0.410 e. The average molecular weight is 1110 g/mol. The van der Waals surface area contributed by atoms with E-state index in [2.05, 4.69) is 27.5 Å². The minimum atomic E-state index is -1.03. The summed E-state index contributed by atoms with van der Waals surface area (Å²) in [5.41, 5.74) is 1.43. The van der Waals surface area contributed by atoms with Crippen LogP contribution in [0, 0.1) is 11.6 Å². The van der Waals surface area contributed by atoms with Gasteiger partial charge in [-0.1, -0.05) is 20.4 Å². The fourth-order valence-electron chi connectivity index (χ4n) is 9.76. The summed E-state index contributed by atoms with van der Waals surface area (Å²) in [6, 6.07) is 3.19. The molecule has 1 aromatic heterocycles. The van der Waals surface area contributed by atoms with Gasteiger partial charge in [-0.25, -0.2) is 18.4 Å². The number of H-pyrrole nitrogens is 1. The molecule has 434 valence electrons. The second-order valence-corrected chi connectivity index (χ2v) is 22.5. The van der Waals surface area contributed by atoms with E-state index in [4.69, 9.17) is 18.9 Å². The third-order valence-corrected chi connectivity index (χ3v) is 14.0. The first kappa shape index (κ1) is 62.6. The standard InChI is InChI=1S/C57H80F2N8O12/c1-16-45(62-50(70)32(4)64(14)54(74)78-56(8,9)10)52(72)66-29-40(76-34(6)68)25-38(66)22-31(3)42-20-18-36(58)23-47(42)60-28-49-44(43-21-19-37(59)24-48(43)61-49)27-39-26-41(77-35(7)69)30-67(39)53(73)46(17-2)63-51(71)33(5)65(15)55(75)79-57(11,12)13/h18-21,23-24,32-33,38-41,45-46,60-61H,3,16-17,22,25-30H2,1-2,4-15H3,(H,62,70)(H,63,71)/t32-,33-,38+,39-,40-,41-,45-,46-/m0/s1. The number of aromatic amines is 1. The number of nitrogens with one attached hydrogen (secondary N) is 4. The van der Waals surface area contributed by atoms with E-state index < -0.39 is 119 Å². The number of carbonyl (C=O) groups is 8. The highest BCUT2D eigenvalue weighted by molar-refractivity contribution is 5.93. The Bertz CT molecular complexity index is 2770. The van der Waals surface area contributed by atoms with Gasteiger partial charge < -0.3 is 49.7 Å². The number of amides is 6. The lowest BCUT2D eigenvalue weighted by Gasteiger charge is -2.31. The van der Waals surface area contributed by atoms with Gasteiger partial charge in [0, 0.05) is 80.7 Å². The van der Waals surface area contributed by atoms with Gasteiger partial charge in [0.15, 0.2) is 0 Å². The second kappa shape index (κ2) is 26.1. The molecule has 4 N–H and O–H groups in total. The molecule has 2 aliphatic rings. The highest BCUT2D eigenvalue weighted by Crippen LogP contribution is 2.35. The zero-order valence-corrected chi connectivity index (χ0v) is 48.1. The number of hydrogen-bond acceptors (Lipinski definition) is 13. The van der Waals surface area contributed by atoms with Crippen molar-refractivity contribution in [1.82, 2.24) is 35.2 Å². The number of fused-ring (bicyclic) bond motifs is 1. The summed E-state index contributed by atoms with van der Waals surface area (Å²) >= 11 is 0. The molecule has 2 aromatic carbocycles. The number of rotatable bonds is 20. The third kappa shape index (κ3) is 16.6. The van der Waals surface area contributed by atoms with Crippen LogP contribution < -0.4 is 16.0 Å². The molecule has 0 bridgehead atoms. The SMILES string of the molecule is C=C(C[C@@H]1C[C@H](OC(C)=O)CN1C(=O)[C@H](CC)NC(=O)[C@H](C)N(C)C(=O)OC(C)(C)C)c1ccc(F)cc1NCc1[nH]c2cc(F)ccc2c1C[C@@H]1C[C@H](OC(C)=O)CN1C(=O)[C@H](CC)NC(=O)[C@H](C)N(C)C(=O)OC(C)(C)C. The minimum absolute atomic E-state index is 0.0220. The molecule has 2 saturated heterocycles. The lowest BCUT2D eigenvalue weighted by Crippen LogP contribution is -2.55. The minimum Gasteiger partial charge on any atom is -0.461 e. The lowest BCUT2D eigenvalue weighted by molar-refractivity contribution is -0.147. The van der Waals surface area contributed by atoms with Crippen LogP contribution in [0.2, 0.25) is 0 Å². The molecule has 0 saturated carbocycles. The van der Waals surface area contributed by atoms with Crippen LogP contribution in [-0.4, -0.2) is 159 Å². The van der Waals surface area contributed by atoms with Crippen LogP contribution in [0.1, 0.15) is 132 Å². The summed E-state index contributed by atoms with van der Waals surface area (Å²) in [6.07, 6.45) is -1.61. The topological polar surface area (TPSA) is 238 Å². The third-order valence-electron chi connectivity index (χ3n) is 14.0. The van der Waals surface area contributed by atoms with Crippen LogP contribution in [0.25, 0.3) is 16.5 Å². The fraction of sp³-hybridized carbons (Fsp3) is 0.579. The van der Waals surface area contributed by atoms with Gasteiger partial charge in [-0.3, -0.25) is 38.6 Å². The first-order valence-corrected chi connectivity index (χ1v) is 26.8. The lowest BCUT2D eigenvalue weighted by atomic mass is 9.96. The van der Waals surface area contributed by atoms with Crippen LogP contribution >= 0.6 is 0 Å². The predicted octanol–water partition coefficient (Wildman–Crippen LogP) is 7.37. The Labute approximate surface area is 461 Å². The Morgan fingerprint density at radius 1 is 0.722 bits per heavy atom. The Morgan fingerprint density at radius 3 is 1.65 bits per heavy atom. The Morgan fingerprint density at radius 2 is 1.18 bits per heavy atom. The quantitative estimate of drug-likeness (QED) is 0.0640. The molecule has 0 spiro atoms. The molecule has 0 aliphatic carbocycles. The van der Waals surface area contributed by atoms with Crippen LogP contribution in [0.15, 0.2) is 43.0 Å². The van der Waals surface area contributed by atoms with Gasteiger partial charge in [0.2, 0.25) is 23.6 Å². The van der Waals surface area contributed by atoms with Crippen molar-refractivity contribution in [2.75, 3.05) is 32.5 Å². The van der Waals surface area contributed by atoms with Gasteiger partial charge in [0.25, 0.3) is 0 Å². The number of esters is 2. The summed E-state index contributed by atoms with van der Waals surface area (Å²) in [6.45, 7) is 23.7. The summed E-state index contributed by atoms with van der Waals surface area (Å²) in [4.78, 5) is 115. The van der Waals surface area contributed by atoms with Crippen LogP contribution in [0.5, 0.6) is 0 Å². The number of halogens is 2. The number of likely N-dealkylation sites (tertiary alicyclic amines) is 2. The molecule has 8 atom stereocenters. The van der Waals surface area contributed by atoms with Crippen LogP contribution in [0.3, 0.4) is 0 Å². The molecule has 3 heterocycles. The van der Waals surface area contributed by atoms with E-state index in [1.807, 2.05) is 0 Å². The monoisotopic (exact) mass is 1110 g/mol. The number of likely N-dealkylation sites (N-methyl/N-ethyl adjacent to an activating group) is 2. The molecule has 79 heavy (non-hydrogen) atoms. The van der Waals surface area contributed by atoms with Crippen molar-refractivity contribution in [2.45, 2.75) is 188 Å². The second-order valence-electron chi connectivity index (χ2n) is 22.5. The van der Waals surface area contributed by atoms with E-state index in [-0.39, 0.29) is 58.2 Å². The van der Waals surface area contributed by atoms with Gasteiger partial charge in [0.05, 0.1) is 19.6 Å². The first-order chi connectivity index (χ1) is 36.8. The van der Waals surface area contributed by atoms with Crippen molar-refractivity contribution in [3.05, 3.63) is 71.4 Å². The molecule has 3 aromatic rings. The molecule has 0 unspecified atom stereocenters. The molecule has 22 heteroatoms. The maximum Gasteiger partial charge on any atom is 0.410 e. The van der Waals surface area contributed by atoms with Crippen molar-refractivity contribution < 1.29 is 66.1 Å². The number of carbonyl (C=O) groups excluding carboxylic acids is 8. The summed E-state index contributed by atoms with van der Waals surface area (Å²) < 4.78 is 52.3. The van der Waals surface area contributed by atoms with E-state index in [1.165, 1.54) is 66.1 Å². The molecule has 0 radical (unpaired) electrons. The predicted molar refractivity (Wildman–Crippen MR) is 292 cm³/mol. The average Bonchev–Trinajstić information content (AvgIpc) is 4.13. The molecular formula is C57H80F2N8O12. The largest absolute Gasteiger partial charge is 0.461 e. The normalized spacial score (nSPS) is 18.9. The van der Waals surface area contributed by atoms with Crippen molar-refractivity contribution in [2.24, 2.45) is 0 Å². The first-order valence-electron chi connectivity index (χ1n) is 26.8. The number of hydrogen-bond donors (Lipinski definition) is 4. The van der Waals surface area contributed by atoms with E-state index in [0.717, 1.165) is 9.80 Å². The maximum atomic E-state index is 15.3. The van der Waals surface area contributed by atoms with E-state index in [1.54, 1.807) is 77.3 Å². The Balaban J connectivity index is 1.39. The number of benzene rings is 2. The van der Waals surface area contributed by atoms with E-state index >= 15 is 4.39 Å². The Kier molecular flexibility index (Phi) is 20.7. The molecule has 2 aliphatic heterocycles. The van der Waals surface area contributed by atoms with Gasteiger partial charge >= 0.3 is 24.1 Å². The zero-order valence-electron chi connectivity index (χ0n) is 48.1. The Hall–Kier alpha value is -7.26. The van der Waals surface area contributed by atoms with Crippen molar-refractivity contribution in [1.29, 1.82) is 0 Å². The van der Waals surface area contributed by atoms with Crippen LogP contribution in [0.4, 0.5) is 24.1 Å². The number of aromatic nitrogens is 1. The number of anilines is 1. The van der Waals surface area contributed by atoms with E-state index in [0.29, 0.717) is 39.0 Å². The summed E-state index contributed by atoms with van der Waals surface area (Å²) in [7, 11) is 2.85. The molecule has 5 rings (SSSR count). The van der Waals surface area contributed by atoms with Crippen molar-refractivity contribution >= 4 is 69.9 Å². The van der Waals surface area contributed by atoms with Gasteiger partial charge in [-0.15, -0.1) is 0 Å². The zero-order chi connectivity index (χ0) is 59.0. The summed E-state index contributed by atoms with van der Waals surface area (Å²) in [5.74, 6) is -4.21. The summed E-state index contributed by atoms with van der Waals surface area (Å²) in [5, 5.41) is 9.56. The van der Waals surface area contributed by atoms with Gasteiger partial charge in [0.1, 0.15) is 59.2 Å². The fourth-order valence-corrected chi connectivity index (χ4v) is 9.76. The van der Waals surface area contributed by atoms with Gasteiger partial charge in [-0.05, 0) is 129 Å². The molecule has 20 nitrogen and oxygen atoms in total. The van der Waals surface area contributed by atoms with Crippen LogP contribution in [-0.2, 0) is 60.7 Å². The molecule has 2 fully saturated rings. The maximum absolute atomic E-state index is 15.3. The number of nitrogens with zero attached hydrogens (tertiary/aromatic N) is 4. The molecular weight excluding hydrogens is 1030 g/mol. The highest BCUT2D eigenvalue weighted by Gasteiger charge is 2.43. The van der Waals surface area contributed by atoms with E-state index in [9.17, 15) is 42.7 Å². The highest BCUT2D eigenvalue weighted by atomic mass is 19.1. The number of ether oxygens (including phenoxy) is 4. The van der Waals surface area contributed by atoms with Gasteiger partial charge in [-0.2, -0.15) is 0 Å². The van der Waals surface area contributed by atoms with Crippen molar-refractivity contribution in [3.8, 4) is 0 Å².